The number of halogens is 1. The quantitative estimate of drug-likeness (QED) is 0.646. The van der Waals surface area contributed by atoms with Gasteiger partial charge in [-0.25, -0.2) is 4.39 Å². The third-order valence-corrected chi connectivity index (χ3v) is 3.83. The van der Waals surface area contributed by atoms with Crippen LogP contribution in [0.15, 0.2) is 12.1 Å². The summed E-state index contributed by atoms with van der Waals surface area (Å²) in [4.78, 5) is 22.6. The van der Waals surface area contributed by atoms with Gasteiger partial charge in [0, 0.05) is 12.6 Å². The van der Waals surface area contributed by atoms with Gasteiger partial charge >= 0.3 is 0 Å². The summed E-state index contributed by atoms with van der Waals surface area (Å²) in [6, 6.07) is 1.94. The van der Waals surface area contributed by atoms with Crippen LogP contribution >= 0.6 is 0 Å². The first kappa shape index (κ1) is 15.2. The number of nitro benzene ring substituents is 1. The number of carbonyl (C=O) groups excluding carboxylic acids is 1. The highest BCUT2D eigenvalue weighted by molar-refractivity contribution is 5.99. The molecule has 21 heavy (non-hydrogen) atoms. The van der Waals surface area contributed by atoms with Crippen molar-refractivity contribution < 1.29 is 14.1 Å². The van der Waals surface area contributed by atoms with Crippen molar-refractivity contribution in [2.45, 2.75) is 32.2 Å². The highest BCUT2D eigenvalue weighted by atomic mass is 19.1. The standard InChI is InChI=1S/C14H18FN3O3/c1-14(2,8-4-5-8)17-13(19)9-6-11(16-3)10(15)7-12(9)18(20)21/h6-8,16H,4-5H2,1-3H3,(H,17,19). The molecule has 2 rings (SSSR count). The second kappa shape index (κ2) is 5.31. The van der Waals surface area contributed by atoms with Crippen molar-refractivity contribution in [2.24, 2.45) is 5.92 Å². The minimum Gasteiger partial charge on any atom is -0.386 e. The Kier molecular flexibility index (Phi) is 3.85. The Morgan fingerprint density at radius 3 is 2.52 bits per heavy atom. The minimum atomic E-state index is -0.762. The lowest BCUT2D eigenvalue weighted by atomic mass is 9.98. The second-order valence-corrected chi connectivity index (χ2v) is 5.81. The maximum absolute atomic E-state index is 13.6. The SMILES string of the molecule is CNc1cc(C(=O)NC(C)(C)C2CC2)c([N+](=O)[O-])cc1F. The Labute approximate surface area is 121 Å². The number of amides is 1. The van der Waals surface area contributed by atoms with Crippen LogP contribution in [0.5, 0.6) is 0 Å². The zero-order chi connectivity index (χ0) is 15.8. The monoisotopic (exact) mass is 295 g/mol. The summed E-state index contributed by atoms with van der Waals surface area (Å²) in [5.74, 6) is -0.943. The van der Waals surface area contributed by atoms with Crippen LogP contribution in [-0.2, 0) is 0 Å². The van der Waals surface area contributed by atoms with Crippen LogP contribution < -0.4 is 10.6 Å². The Hall–Kier alpha value is -2.18. The van der Waals surface area contributed by atoms with Crippen LogP contribution in [0.4, 0.5) is 15.8 Å². The van der Waals surface area contributed by atoms with E-state index in [1.165, 1.54) is 13.1 Å². The Balaban J connectivity index is 2.36. The molecule has 0 heterocycles. The average molecular weight is 295 g/mol. The Morgan fingerprint density at radius 2 is 2.05 bits per heavy atom. The van der Waals surface area contributed by atoms with E-state index >= 15 is 0 Å². The summed E-state index contributed by atoms with van der Waals surface area (Å²) in [5, 5.41) is 16.4. The van der Waals surface area contributed by atoms with E-state index in [1.807, 2.05) is 13.8 Å². The van der Waals surface area contributed by atoms with Crippen molar-refractivity contribution in [1.29, 1.82) is 0 Å². The number of nitro groups is 1. The summed E-state index contributed by atoms with van der Waals surface area (Å²) in [5.41, 5.74) is -1.05. The molecule has 0 aromatic heterocycles. The first-order valence-electron chi connectivity index (χ1n) is 6.74. The first-order chi connectivity index (χ1) is 9.76. The Bertz CT molecular complexity index is 597. The number of carbonyl (C=O) groups is 1. The lowest BCUT2D eigenvalue weighted by molar-refractivity contribution is -0.385. The van der Waals surface area contributed by atoms with Gasteiger partial charge in [0.05, 0.1) is 16.7 Å². The topological polar surface area (TPSA) is 84.3 Å². The molecule has 0 saturated heterocycles. The van der Waals surface area contributed by atoms with Gasteiger partial charge in [-0.1, -0.05) is 0 Å². The van der Waals surface area contributed by atoms with E-state index in [1.54, 1.807) is 0 Å². The molecule has 1 amide bonds. The molecular formula is C14H18FN3O3. The molecule has 1 fully saturated rings. The van der Waals surface area contributed by atoms with Crippen LogP contribution in [-0.4, -0.2) is 23.4 Å². The number of nitrogens with zero attached hydrogens (tertiary/aromatic N) is 1. The molecule has 114 valence electrons. The van der Waals surface area contributed by atoms with Crippen molar-refractivity contribution in [3.63, 3.8) is 0 Å². The summed E-state index contributed by atoms with van der Waals surface area (Å²) in [7, 11) is 1.49. The lowest BCUT2D eigenvalue weighted by Gasteiger charge is -2.26. The number of anilines is 1. The molecular weight excluding hydrogens is 277 g/mol. The largest absolute Gasteiger partial charge is 0.386 e. The van der Waals surface area contributed by atoms with Gasteiger partial charge in [-0.3, -0.25) is 14.9 Å². The summed E-state index contributed by atoms with van der Waals surface area (Å²) >= 11 is 0. The maximum Gasteiger partial charge on any atom is 0.285 e. The van der Waals surface area contributed by atoms with E-state index in [-0.39, 0.29) is 11.3 Å². The number of nitrogens with one attached hydrogen (secondary N) is 2. The fraction of sp³-hybridized carbons (Fsp3) is 0.500. The van der Waals surface area contributed by atoms with Crippen LogP contribution in [0, 0.1) is 21.8 Å². The molecule has 6 nitrogen and oxygen atoms in total. The smallest absolute Gasteiger partial charge is 0.285 e. The van der Waals surface area contributed by atoms with Gasteiger partial charge in [-0.2, -0.15) is 0 Å². The van der Waals surface area contributed by atoms with Gasteiger partial charge in [-0.15, -0.1) is 0 Å². The predicted octanol–water partition coefficient (Wildman–Crippen LogP) is 2.69. The molecule has 0 aliphatic heterocycles. The van der Waals surface area contributed by atoms with E-state index < -0.39 is 27.9 Å². The zero-order valence-corrected chi connectivity index (χ0v) is 12.2. The second-order valence-electron chi connectivity index (χ2n) is 5.81. The molecule has 0 spiro atoms. The number of rotatable bonds is 5. The predicted molar refractivity (Wildman–Crippen MR) is 76.9 cm³/mol. The molecule has 0 radical (unpaired) electrons. The Morgan fingerprint density at radius 1 is 1.43 bits per heavy atom. The van der Waals surface area contributed by atoms with Crippen molar-refractivity contribution in [2.75, 3.05) is 12.4 Å². The molecule has 1 aromatic rings. The lowest BCUT2D eigenvalue weighted by Crippen LogP contribution is -2.45. The van der Waals surface area contributed by atoms with E-state index in [0.29, 0.717) is 5.92 Å². The third kappa shape index (κ3) is 3.12. The van der Waals surface area contributed by atoms with E-state index in [9.17, 15) is 19.3 Å². The van der Waals surface area contributed by atoms with Crippen molar-refractivity contribution in [3.05, 3.63) is 33.6 Å². The molecule has 1 saturated carbocycles. The number of hydrogen-bond acceptors (Lipinski definition) is 4. The van der Waals surface area contributed by atoms with Gasteiger partial charge in [0.2, 0.25) is 0 Å². The zero-order valence-electron chi connectivity index (χ0n) is 12.2. The van der Waals surface area contributed by atoms with Gasteiger partial charge in [0.1, 0.15) is 5.56 Å². The van der Waals surface area contributed by atoms with E-state index in [4.69, 9.17) is 0 Å². The van der Waals surface area contributed by atoms with E-state index in [2.05, 4.69) is 10.6 Å². The summed E-state index contributed by atoms with van der Waals surface area (Å²) in [6.07, 6.45) is 2.06. The fourth-order valence-corrected chi connectivity index (χ4v) is 2.35. The van der Waals surface area contributed by atoms with Crippen molar-refractivity contribution in [1.82, 2.24) is 5.32 Å². The van der Waals surface area contributed by atoms with Gasteiger partial charge in [0.15, 0.2) is 5.82 Å². The molecule has 7 heteroatoms. The summed E-state index contributed by atoms with van der Waals surface area (Å²) in [6.45, 7) is 3.77. The highest BCUT2D eigenvalue weighted by Gasteiger charge is 2.39. The van der Waals surface area contributed by atoms with Gasteiger partial charge < -0.3 is 10.6 Å². The molecule has 0 atom stereocenters. The third-order valence-electron chi connectivity index (χ3n) is 3.83. The molecule has 0 unspecified atom stereocenters. The fourth-order valence-electron chi connectivity index (χ4n) is 2.35. The van der Waals surface area contributed by atoms with Crippen LogP contribution in [0.3, 0.4) is 0 Å². The average Bonchev–Trinajstić information content (AvgIpc) is 3.22. The molecule has 1 aliphatic rings. The van der Waals surface area contributed by atoms with E-state index in [0.717, 1.165) is 18.9 Å². The summed E-state index contributed by atoms with van der Waals surface area (Å²) < 4.78 is 13.6. The molecule has 1 aromatic carbocycles. The maximum atomic E-state index is 13.6. The van der Waals surface area contributed by atoms with Crippen molar-refractivity contribution in [3.8, 4) is 0 Å². The number of benzene rings is 1. The minimum absolute atomic E-state index is 0.0509. The number of hydrogen-bond donors (Lipinski definition) is 2. The molecule has 0 bridgehead atoms. The normalized spacial score (nSPS) is 14.7. The van der Waals surface area contributed by atoms with Crippen LogP contribution in [0.2, 0.25) is 0 Å². The van der Waals surface area contributed by atoms with Gasteiger partial charge in [-0.05, 0) is 38.7 Å². The molecule has 2 N–H and O–H groups in total. The van der Waals surface area contributed by atoms with Crippen LogP contribution in [0.1, 0.15) is 37.0 Å². The van der Waals surface area contributed by atoms with Gasteiger partial charge in [0.25, 0.3) is 11.6 Å². The highest BCUT2D eigenvalue weighted by Crippen LogP contribution is 2.39. The molecule has 1 aliphatic carbocycles. The van der Waals surface area contributed by atoms with Crippen LogP contribution in [0.25, 0.3) is 0 Å². The van der Waals surface area contributed by atoms with Crippen molar-refractivity contribution >= 4 is 17.3 Å². The first-order valence-corrected chi connectivity index (χ1v) is 6.74.